The zero-order valence-electron chi connectivity index (χ0n) is 17.3. The summed E-state index contributed by atoms with van der Waals surface area (Å²) in [7, 11) is 0. The highest BCUT2D eigenvalue weighted by Crippen LogP contribution is 2.26. The van der Waals surface area contributed by atoms with Crippen LogP contribution in [0.4, 0.5) is 0 Å². The summed E-state index contributed by atoms with van der Waals surface area (Å²) < 4.78 is 0. The summed E-state index contributed by atoms with van der Waals surface area (Å²) in [5.41, 5.74) is 1.58. The Balaban J connectivity index is 1.49. The van der Waals surface area contributed by atoms with Gasteiger partial charge in [-0.25, -0.2) is 0 Å². The van der Waals surface area contributed by atoms with Crippen LogP contribution in [0, 0.1) is 12.8 Å². The lowest BCUT2D eigenvalue weighted by Crippen LogP contribution is -2.48. The lowest BCUT2D eigenvalue weighted by Gasteiger charge is -2.33. The molecule has 6 nitrogen and oxygen atoms in total. The molecule has 0 radical (unpaired) electrons. The van der Waals surface area contributed by atoms with Gasteiger partial charge in [-0.15, -0.1) is 0 Å². The van der Waals surface area contributed by atoms with Crippen LogP contribution in [0.5, 0.6) is 0 Å². The molecule has 152 valence electrons. The van der Waals surface area contributed by atoms with Gasteiger partial charge in [0.05, 0.1) is 5.92 Å². The Morgan fingerprint density at radius 2 is 1.68 bits per heavy atom. The quantitative estimate of drug-likeness (QED) is 0.868. The summed E-state index contributed by atoms with van der Waals surface area (Å²) in [6.07, 6.45) is 1.77. The smallest absolute Gasteiger partial charge is 0.253 e. The Bertz CT molecular complexity index is 743. The summed E-state index contributed by atoms with van der Waals surface area (Å²) in [5.74, 6) is -0.222. The van der Waals surface area contributed by atoms with E-state index in [9.17, 15) is 14.4 Å². The van der Waals surface area contributed by atoms with Gasteiger partial charge < -0.3 is 15.1 Å². The van der Waals surface area contributed by atoms with E-state index in [-0.39, 0.29) is 41.6 Å². The Labute approximate surface area is 167 Å². The number of piperidine rings is 1. The molecule has 2 aliphatic rings. The van der Waals surface area contributed by atoms with Crippen molar-refractivity contribution < 1.29 is 14.4 Å². The van der Waals surface area contributed by atoms with Crippen molar-refractivity contribution in [3.8, 4) is 0 Å². The van der Waals surface area contributed by atoms with Crippen LogP contribution in [0.15, 0.2) is 24.3 Å². The summed E-state index contributed by atoms with van der Waals surface area (Å²) in [4.78, 5) is 41.1. The maximum atomic E-state index is 12.6. The monoisotopic (exact) mass is 385 g/mol. The average Bonchev–Trinajstić information content (AvgIpc) is 3.05. The minimum Gasteiger partial charge on any atom is -0.353 e. The zero-order valence-corrected chi connectivity index (χ0v) is 17.3. The molecule has 3 rings (SSSR count). The van der Waals surface area contributed by atoms with Crippen molar-refractivity contribution >= 4 is 17.7 Å². The van der Waals surface area contributed by atoms with Crippen molar-refractivity contribution in [1.82, 2.24) is 15.1 Å². The predicted octanol–water partition coefficient (Wildman–Crippen LogP) is 2.36. The topological polar surface area (TPSA) is 69.7 Å². The van der Waals surface area contributed by atoms with Gasteiger partial charge in [0.1, 0.15) is 0 Å². The second kappa shape index (κ2) is 7.94. The summed E-state index contributed by atoms with van der Waals surface area (Å²) in [6, 6.07) is 7.69. The van der Waals surface area contributed by atoms with E-state index >= 15 is 0 Å². The zero-order chi connectivity index (χ0) is 20.5. The van der Waals surface area contributed by atoms with Crippen molar-refractivity contribution in [2.75, 3.05) is 19.6 Å². The first kappa shape index (κ1) is 20.4. The number of hydrogen-bond donors (Lipinski definition) is 1. The molecule has 1 aromatic carbocycles. The van der Waals surface area contributed by atoms with Gasteiger partial charge in [0.15, 0.2) is 0 Å². The second-order valence-electron chi connectivity index (χ2n) is 9.02. The highest BCUT2D eigenvalue weighted by molar-refractivity contribution is 5.94. The molecular formula is C22H31N3O3. The third-order valence-corrected chi connectivity index (χ3v) is 5.73. The van der Waals surface area contributed by atoms with Crippen LogP contribution < -0.4 is 5.32 Å². The normalized spacial score (nSPS) is 21.1. The largest absolute Gasteiger partial charge is 0.353 e. The van der Waals surface area contributed by atoms with Crippen molar-refractivity contribution in [1.29, 1.82) is 0 Å². The van der Waals surface area contributed by atoms with Gasteiger partial charge in [0.25, 0.3) is 5.91 Å². The number of carbonyl (C=O) groups excluding carboxylic acids is 3. The third-order valence-electron chi connectivity index (χ3n) is 5.73. The molecule has 0 aliphatic carbocycles. The van der Waals surface area contributed by atoms with Crippen molar-refractivity contribution in [2.24, 2.45) is 5.92 Å². The molecule has 3 amide bonds. The Morgan fingerprint density at radius 3 is 2.21 bits per heavy atom. The first-order valence-electron chi connectivity index (χ1n) is 10.1. The van der Waals surface area contributed by atoms with E-state index in [0.29, 0.717) is 25.2 Å². The molecule has 1 unspecified atom stereocenters. The lowest BCUT2D eigenvalue weighted by atomic mass is 10.0. The van der Waals surface area contributed by atoms with Crippen LogP contribution in [-0.2, 0) is 9.59 Å². The van der Waals surface area contributed by atoms with Crippen molar-refractivity contribution in [3.05, 3.63) is 35.4 Å². The first-order valence-corrected chi connectivity index (χ1v) is 10.1. The number of hydrogen-bond acceptors (Lipinski definition) is 3. The van der Waals surface area contributed by atoms with E-state index in [4.69, 9.17) is 0 Å². The summed E-state index contributed by atoms with van der Waals surface area (Å²) in [5, 5.41) is 3.10. The minimum absolute atomic E-state index is 0.0385. The molecule has 0 saturated carbocycles. The molecule has 0 aromatic heterocycles. The van der Waals surface area contributed by atoms with Crippen molar-refractivity contribution in [3.63, 3.8) is 0 Å². The van der Waals surface area contributed by atoms with Gasteiger partial charge >= 0.3 is 0 Å². The SMILES string of the molecule is Cc1ccc(C(=O)N2CCC(NC(=O)C3CC(=O)N(C(C)(C)C)C3)CC2)cc1. The van der Waals surface area contributed by atoms with Crippen LogP contribution in [0.2, 0.25) is 0 Å². The fourth-order valence-electron chi connectivity index (χ4n) is 3.96. The molecule has 28 heavy (non-hydrogen) atoms. The second-order valence-corrected chi connectivity index (χ2v) is 9.02. The third kappa shape index (κ3) is 4.54. The molecule has 2 saturated heterocycles. The van der Waals surface area contributed by atoms with Gasteiger partial charge in [0, 0.05) is 43.2 Å². The molecule has 0 bridgehead atoms. The van der Waals surface area contributed by atoms with Crippen LogP contribution in [0.25, 0.3) is 0 Å². The standard InChI is InChI=1S/C22H31N3O3/c1-15-5-7-16(8-6-15)21(28)24-11-9-18(10-12-24)23-20(27)17-13-19(26)25(14-17)22(2,3)4/h5-8,17-18H,9-14H2,1-4H3,(H,23,27). The number of carbonyl (C=O) groups is 3. The predicted molar refractivity (Wildman–Crippen MR) is 108 cm³/mol. The van der Waals surface area contributed by atoms with E-state index in [2.05, 4.69) is 5.32 Å². The van der Waals surface area contributed by atoms with E-state index in [1.807, 2.05) is 56.9 Å². The molecule has 1 atom stereocenters. The molecule has 2 aliphatic heterocycles. The first-order chi connectivity index (χ1) is 13.1. The van der Waals surface area contributed by atoms with E-state index in [0.717, 1.165) is 18.4 Å². The van der Waals surface area contributed by atoms with Gasteiger partial charge in [-0.1, -0.05) is 17.7 Å². The van der Waals surface area contributed by atoms with Crippen LogP contribution in [0.3, 0.4) is 0 Å². The minimum atomic E-state index is -0.279. The number of nitrogens with one attached hydrogen (secondary N) is 1. The number of nitrogens with zero attached hydrogens (tertiary/aromatic N) is 2. The highest BCUT2D eigenvalue weighted by atomic mass is 16.2. The Kier molecular flexibility index (Phi) is 5.77. The maximum Gasteiger partial charge on any atom is 0.253 e. The average molecular weight is 386 g/mol. The lowest BCUT2D eigenvalue weighted by molar-refractivity contribution is -0.132. The van der Waals surface area contributed by atoms with Gasteiger partial charge in [-0.05, 0) is 52.7 Å². The van der Waals surface area contributed by atoms with Gasteiger partial charge in [-0.3, -0.25) is 14.4 Å². The molecule has 2 fully saturated rings. The number of amides is 3. The van der Waals surface area contributed by atoms with Crippen LogP contribution in [-0.4, -0.2) is 58.7 Å². The number of aryl methyl sites for hydroxylation is 1. The number of benzene rings is 1. The molecule has 1 aromatic rings. The highest BCUT2D eigenvalue weighted by Gasteiger charge is 2.40. The molecular weight excluding hydrogens is 354 g/mol. The maximum absolute atomic E-state index is 12.6. The Hall–Kier alpha value is -2.37. The van der Waals surface area contributed by atoms with Crippen LogP contribution >= 0.6 is 0 Å². The van der Waals surface area contributed by atoms with Crippen molar-refractivity contribution in [2.45, 2.75) is 58.5 Å². The summed E-state index contributed by atoms with van der Waals surface area (Å²) >= 11 is 0. The molecule has 0 spiro atoms. The van der Waals surface area contributed by atoms with Crippen LogP contribution in [0.1, 0.15) is 56.0 Å². The van der Waals surface area contributed by atoms with E-state index in [1.165, 1.54) is 0 Å². The fourth-order valence-corrected chi connectivity index (χ4v) is 3.96. The molecule has 6 heteroatoms. The Morgan fingerprint density at radius 1 is 1.07 bits per heavy atom. The summed E-state index contributed by atoms with van der Waals surface area (Å²) in [6.45, 7) is 9.73. The molecule has 1 N–H and O–H groups in total. The number of likely N-dealkylation sites (tertiary alicyclic amines) is 2. The van der Waals surface area contributed by atoms with Gasteiger partial charge in [0.2, 0.25) is 11.8 Å². The molecule has 2 heterocycles. The fraction of sp³-hybridized carbons (Fsp3) is 0.591. The van der Waals surface area contributed by atoms with Gasteiger partial charge in [-0.2, -0.15) is 0 Å². The van der Waals surface area contributed by atoms with E-state index < -0.39 is 0 Å². The van der Waals surface area contributed by atoms with E-state index in [1.54, 1.807) is 4.90 Å². The number of rotatable bonds is 3.